The average Bonchev–Trinajstić information content (AvgIpc) is 2.91. The topological polar surface area (TPSA) is 90.8 Å². The smallest absolute Gasteiger partial charge is 0.410 e. The predicted molar refractivity (Wildman–Crippen MR) is 114 cm³/mol. The van der Waals surface area contributed by atoms with Crippen LogP contribution >= 0.6 is 11.6 Å². The molecule has 3 atom stereocenters. The van der Waals surface area contributed by atoms with Crippen LogP contribution in [0.1, 0.15) is 52.9 Å². The molecule has 0 aliphatic carbocycles. The van der Waals surface area contributed by atoms with E-state index in [1.807, 2.05) is 37.6 Å². The zero-order chi connectivity index (χ0) is 21.2. The second-order valence-electron chi connectivity index (χ2n) is 8.98. The highest BCUT2D eigenvalue weighted by molar-refractivity contribution is 6.29. The van der Waals surface area contributed by atoms with Crippen LogP contribution in [0.4, 0.5) is 16.3 Å². The Labute approximate surface area is 177 Å². The van der Waals surface area contributed by atoms with Crippen molar-refractivity contribution in [2.75, 3.05) is 30.4 Å². The van der Waals surface area contributed by atoms with Crippen molar-refractivity contribution in [1.82, 2.24) is 15.1 Å². The highest BCUT2D eigenvalue weighted by atomic mass is 35.5. The SMILES string of the molecule is CN(CCCO)c1cc(Cl)nnc1N[C@@H]1C[C@H]2CC[C@@H](C1)N2C(=O)OC(C)(C)C. The number of carbonyl (C=O) groups excluding carboxylic acids is 1. The highest BCUT2D eigenvalue weighted by Gasteiger charge is 2.45. The number of aromatic nitrogens is 2. The van der Waals surface area contributed by atoms with Crippen molar-refractivity contribution in [3.8, 4) is 0 Å². The van der Waals surface area contributed by atoms with Crippen molar-refractivity contribution in [1.29, 1.82) is 0 Å². The van der Waals surface area contributed by atoms with E-state index in [9.17, 15) is 4.79 Å². The van der Waals surface area contributed by atoms with Gasteiger partial charge in [-0.05, 0) is 52.9 Å². The number of rotatable bonds is 6. The van der Waals surface area contributed by atoms with Gasteiger partial charge in [0.25, 0.3) is 0 Å². The molecule has 1 aromatic rings. The van der Waals surface area contributed by atoms with Gasteiger partial charge < -0.3 is 25.0 Å². The number of fused-ring (bicyclic) bond motifs is 2. The first-order valence-corrected chi connectivity index (χ1v) is 10.7. The first-order valence-electron chi connectivity index (χ1n) is 10.3. The number of aliphatic hydroxyl groups excluding tert-OH is 1. The van der Waals surface area contributed by atoms with E-state index in [1.165, 1.54) is 0 Å². The normalized spacial score (nSPS) is 23.8. The minimum atomic E-state index is -0.488. The lowest BCUT2D eigenvalue weighted by atomic mass is 9.97. The molecule has 2 fully saturated rings. The summed E-state index contributed by atoms with van der Waals surface area (Å²) in [5, 5.41) is 21.2. The lowest BCUT2D eigenvalue weighted by molar-refractivity contribution is 0.00682. The van der Waals surface area contributed by atoms with E-state index in [2.05, 4.69) is 15.5 Å². The standard InChI is InChI=1S/C20H32ClN5O3/c1-20(2,3)29-19(28)26-14-6-7-15(26)11-13(10-14)22-18-16(12-17(21)23-24-18)25(4)8-5-9-27/h12-15,27H,5-11H2,1-4H3,(H,22,24)/t13-,14-,15+. The summed E-state index contributed by atoms with van der Waals surface area (Å²) in [6.07, 6.45) is 4.14. The number of amides is 1. The molecule has 1 aromatic heterocycles. The van der Waals surface area contributed by atoms with Gasteiger partial charge in [-0.2, -0.15) is 0 Å². The molecule has 29 heavy (non-hydrogen) atoms. The molecule has 2 aliphatic rings. The summed E-state index contributed by atoms with van der Waals surface area (Å²) >= 11 is 6.07. The Kier molecular flexibility index (Phi) is 6.73. The van der Waals surface area contributed by atoms with Crippen LogP contribution in [0.2, 0.25) is 5.15 Å². The molecule has 0 radical (unpaired) electrons. The highest BCUT2D eigenvalue weighted by Crippen LogP contribution is 2.38. The van der Waals surface area contributed by atoms with Gasteiger partial charge >= 0.3 is 6.09 Å². The summed E-state index contributed by atoms with van der Waals surface area (Å²) in [5.74, 6) is 0.685. The molecule has 2 saturated heterocycles. The zero-order valence-corrected chi connectivity index (χ0v) is 18.4. The average molecular weight is 426 g/mol. The third kappa shape index (κ3) is 5.42. The molecule has 0 saturated carbocycles. The monoisotopic (exact) mass is 425 g/mol. The Morgan fingerprint density at radius 2 is 2.00 bits per heavy atom. The van der Waals surface area contributed by atoms with Crippen LogP contribution in [-0.2, 0) is 4.74 Å². The Morgan fingerprint density at radius 1 is 1.34 bits per heavy atom. The first kappa shape index (κ1) is 21.9. The Balaban J connectivity index is 1.68. The lowest BCUT2D eigenvalue weighted by Gasteiger charge is -2.40. The summed E-state index contributed by atoms with van der Waals surface area (Å²) in [6.45, 7) is 6.51. The fourth-order valence-electron chi connectivity index (χ4n) is 4.28. The number of carbonyl (C=O) groups is 1. The fraction of sp³-hybridized carbons (Fsp3) is 0.750. The van der Waals surface area contributed by atoms with Gasteiger partial charge in [-0.25, -0.2) is 4.79 Å². The Bertz CT molecular complexity index is 713. The Hall–Kier alpha value is -1.80. The molecule has 2 N–H and O–H groups in total. The first-order chi connectivity index (χ1) is 13.7. The van der Waals surface area contributed by atoms with Gasteiger partial charge in [0, 0.05) is 44.4 Å². The third-order valence-corrected chi connectivity index (χ3v) is 5.67. The maximum atomic E-state index is 12.6. The van der Waals surface area contributed by atoms with Crippen molar-refractivity contribution in [2.45, 2.75) is 76.6 Å². The number of piperidine rings is 1. The molecule has 0 unspecified atom stereocenters. The molecule has 0 spiro atoms. The maximum absolute atomic E-state index is 12.6. The lowest BCUT2D eigenvalue weighted by Crippen LogP contribution is -2.51. The molecule has 3 rings (SSSR count). The van der Waals surface area contributed by atoms with E-state index < -0.39 is 5.60 Å². The molecule has 2 aliphatic heterocycles. The van der Waals surface area contributed by atoms with E-state index in [0.29, 0.717) is 23.9 Å². The summed E-state index contributed by atoms with van der Waals surface area (Å²) in [5.41, 5.74) is 0.374. The molecular weight excluding hydrogens is 394 g/mol. The summed E-state index contributed by atoms with van der Waals surface area (Å²) < 4.78 is 5.62. The van der Waals surface area contributed by atoms with Crippen molar-refractivity contribution in [2.24, 2.45) is 0 Å². The second-order valence-corrected chi connectivity index (χ2v) is 9.37. The largest absolute Gasteiger partial charge is 0.444 e. The molecule has 162 valence electrons. The van der Waals surface area contributed by atoms with Crippen LogP contribution in [0.3, 0.4) is 0 Å². The molecule has 9 heteroatoms. The van der Waals surface area contributed by atoms with Gasteiger partial charge in [0.15, 0.2) is 11.0 Å². The van der Waals surface area contributed by atoms with Crippen LogP contribution in [0, 0.1) is 0 Å². The van der Waals surface area contributed by atoms with Gasteiger partial charge in [0.2, 0.25) is 0 Å². The minimum absolute atomic E-state index is 0.131. The van der Waals surface area contributed by atoms with Gasteiger partial charge in [-0.3, -0.25) is 0 Å². The molecule has 0 aromatic carbocycles. The van der Waals surface area contributed by atoms with Crippen molar-refractivity contribution >= 4 is 29.2 Å². The van der Waals surface area contributed by atoms with Gasteiger partial charge in [0.05, 0.1) is 5.69 Å². The van der Waals surface area contributed by atoms with E-state index in [1.54, 1.807) is 6.07 Å². The molecular formula is C20H32ClN5O3. The maximum Gasteiger partial charge on any atom is 0.410 e. The van der Waals surface area contributed by atoms with Crippen LogP contribution in [0.25, 0.3) is 0 Å². The van der Waals surface area contributed by atoms with E-state index in [-0.39, 0.29) is 30.8 Å². The van der Waals surface area contributed by atoms with E-state index in [4.69, 9.17) is 21.4 Å². The number of anilines is 2. The van der Waals surface area contributed by atoms with Crippen LogP contribution < -0.4 is 10.2 Å². The van der Waals surface area contributed by atoms with Gasteiger partial charge in [-0.1, -0.05) is 11.6 Å². The number of nitrogens with one attached hydrogen (secondary N) is 1. The summed E-state index contributed by atoms with van der Waals surface area (Å²) in [4.78, 5) is 16.6. The van der Waals surface area contributed by atoms with E-state index in [0.717, 1.165) is 31.4 Å². The number of aliphatic hydroxyl groups is 1. The van der Waals surface area contributed by atoms with Crippen molar-refractivity contribution < 1.29 is 14.6 Å². The molecule has 1 amide bonds. The quantitative estimate of drug-likeness (QED) is 0.722. The van der Waals surface area contributed by atoms with Gasteiger partial charge in [0.1, 0.15) is 5.60 Å². The number of ether oxygens (including phenoxy) is 1. The minimum Gasteiger partial charge on any atom is -0.444 e. The summed E-state index contributed by atoms with van der Waals surface area (Å²) in [7, 11) is 1.95. The number of hydrogen-bond acceptors (Lipinski definition) is 7. The number of nitrogens with zero attached hydrogens (tertiary/aromatic N) is 4. The fourth-order valence-corrected chi connectivity index (χ4v) is 4.42. The molecule has 2 bridgehead atoms. The van der Waals surface area contributed by atoms with Crippen LogP contribution in [0.15, 0.2) is 6.07 Å². The van der Waals surface area contributed by atoms with Gasteiger partial charge in [-0.15, -0.1) is 10.2 Å². The molecule has 3 heterocycles. The second kappa shape index (κ2) is 8.92. The Morgan fingerprint density at radius 3 is 2.59 bits per heavy atom. The van der Waals surface area contributed by atoms with Crippen molar-refractivity contribution in [3.05, 3.63) is 11.2 Å². The molecule has 8 nitrogen and oxygen atoms in total. The van der Waals surface area contributed by atoms with Crippen LogP contribution in [-0.4, -0.2) is 70.2 Å². The number of hydrogen-bond donors (Lipinski definition) is 2. The van der Waals surface area contributed by atoms with E-state index >= 15 is 0 Å². The van der Waals surface area contributed by atoms with Crippen molar-refractivity contribution in [3.63, 3.8) is 0 Å². The third-order valence-electron chi connectivity index (χ3n) is 5.49. The zero-order valence-electron chi connectivity index (χ0n) is 17.7. The number of halogens is 1. The predicted octanol–water partition coefficient (Wildman–Crippen LogP) is 3.29. The van der Waals surface area contributed by atoms with Crippen LogP contribution in [0.5, 0.6) is 0 Å². The summed E-state index contributed by atoms with van der Waals surface area (Å²) in [6, 6.07) is 2.35.